The minimum Gasteiger partial charge on any atom is -0.487 e. The number of aromatic nitrogens is 4. The van der Waals surface area contributed by atoms with Crippen molar-refractivity contribution in [3.05, 3.63) is 87.1 Å². The van der Waals surface area contributed by atoms with Gasteiger partial charge in [-0.2, -0.15) is 9.50 Å². The molecule has 9 heteroatoms. The number of fused-ring (bicyclic) bond motifs is 1. The van der Waals surface area contributed by atoms with Crippen molar-refractivity contribution in [2.45, 2.75) is 33.4 Å². The predicted octanol–water partition coefficient (Wildman–Crippen LogP) is 4.09. The van der Waals surface area contributed by atoms with Gasteiger partial charge in [-0.15, -0.1) is 0 Å². The molecule has 4 rings (SSSR count). The summed E-state index contributed by atoms with van der Waals surface area (Å²) in [6, 6.07) is 13.5. The highest BCUT2D eigenvalue weighted by Crippen LogP contribution is 2.24. The van der Waals surface area contributed by atoms with Crippen LogP contribution in [-0.2, 0) is 13.2 Å². The number of rotatable bonds is 7. The van der Waals surface area contributed by atoms with Crippen LogP contribution in [0, 0.1) is 6.92 Å². The van der Waals surface area contributed by atoms with Gasteiger partial charge < -0.3 is 10.1 Å². The van der Waals surface area contributed by atoms with Crippen LogP contribution in [0.2, 0.25) is 5.02 Å². The molecule has 0 bridgehead atoms. The number of anilines is 1. The van der Waals surface area contributed by atoms with E-state index < -0.39 is 0 Å². The number of aryl methyl sites for hydroxylation is 2. The second-order valence-corrected chi connectivity index (χ2v) is 7.77. The summed E-state index contributed by atoms with van der Waals surface area (Å²) in [5, 5.41) is 3.41. The molecule has 0 saturated carbocycles. The highest BCUT2D eigenvalue weighted by molar-refractivity contribution is 6.30. The van der Waals surface area contributed by atoms with Gasteiger partial charge in [-0.1, -0.05) is 24.6 Å². The predicted molar refractivity (Wildman–Crippen MR) is 122 cm³/mol. The Labute approximate surface area is 189 Å². The molecular formula is C23H22ClN5O3. The third kappa shape index (κ3) is 4.65. The Balaban J connectivity index is 1.49. The van der Waals surface area contributed by atoms with Gasteiger partial charge in [0.2, 0.25) is 0 Å². The van der Waals surface area contributed by atoms with E-state index in [1.54, 1.807) is 47.4 Å². The molecule has 0 aliphatic heterocycles. The second kappa shape index (κ2) is 9.23. The zero-order chi connectivity index (χ0) is 22.7. The van der Waals surface area contributed by atoms with Crippen LogP contribution >= 0.6 is 11.6 Å². The summed E-state index contributed by atoms with van der Waals surface area (Å²) in [5.74, 6) is 0.668. The van der Waals surface area contributed by atoms with Gasteiger partial charge in [-0.3, -0.25) is 14.3 Å². The Morgan fingerprint density at radius 3 is 2.69 bits per heavy atom. The van der Waals surface area contributed by atoms with Crippen molar-refractivity contribution < 1.29 is 9.53 Å². The summed E-state index contributed by atoms with van der Waals surface area (Å²) in [6.45, 7) is 4.71. The molecule has 2 heterocycles. The molecule has 1 amide bonds. The number of halogens is 1. The molecule has 0 aliphatic carbocycles. The number of carbonyl (C=O) groups is 1. The van der Waals surface area contributed by atoms with Gasteiger partial charge in [0.15, 0.2) is 0 Å². The van der Waals surface area contributed by atoms with Crippen molar-refractivity contribution in [3.63, 3.8) is 0 Å². The van der Waals surface area contributed by atoms with E-state index in [4.69, 9.17) is 16.3 Å². The average molecular weight is 452 g/mol. The van der Waals surface area contributed by atoms with Crippen molar-refractivity contribution in [1.29, 1.82) is 0 Å². The Hall–Kier alpha value is -3.65. The maximum Gasteiger partial charge on any atom is 0.274 e. The van der Waals surface area contributed by atoms with Crippen molar-refractivity contribution in [1.82, 2.24) is 19.2 Å². The lowest BCUT2D eigenvalue weighted by atomic mass is 10.1. The minimum atomic E-state index is -0.251. The Kier molecular flexibility index (Phi) is 6.23. The fraction of sp³-hybridized carbons (Fsp3) is 0.217. The molecule has 0 aliphatic rings. The van der Waals surface area contributed by atoms with Crippen LogP contribution in [0.25, 0.3) is 5.78 Å². The fourth-order valence-corrected chi connectivity index (χ4v) is 3.38. The molecule has 8 nitrogen and oxygen atoms in total. The molecule has 1 N–H and O–H groups in total. The molecule has 4 aromatic rings. The third-order valence-electron chi connectivity index (χ3n) is 4.88. The number of hydrogen-bond acceptors (Lipinski definition) is 5. The average Bonchev–Trinajstić information content (AvgIpc) is 3.18. The van der Waals surface area contributed by atoms with Crippen LogP contribution in [0.5, 0.6) is 5.75 Å². The lowest BCUT2D eigenvalue weighted by molar-refractivity contribution is 0.102. The monoisotopic (exact) mass is 451 g/mol. The van der Waals surface area contributed by atoms with E-state index in [0.717, 1.165) is 12.0 Å². The zero-order valence-electron chi connectivity index (χ0n) is 17.7. The van der Waals surface area contributed by atoms with Gasteiger partial charge in [0, 0.05) is 35.0 Å². The maximum absolute atomic E-state index is 12.5. The largest absolute Gasteiger partial charge is 0.487 e. The minimum absolute atomic E-state index is 0.0990. The highest BCUT2D eigenvalue weighted by Gasteiger charge is 2.11. The molecular weight excluding hydrogens is 430 g/mol. The number of amides is 1. The topological polar surface area (TPSA) is 90.5 Å². The van der Waals surface area contributed by atoms with Crippen molar-refractivity contribution in [3.8, 4) is 5.75 Å². The van der Waals surface area contributed by atoms with Crippen LogP contribution in [0.4, 0.5) is 5.69 Å². The first-order chi connectivity index (χ1) is 15.4. The first kappa shape index (κ1) is 21.6. The van der Waals surface area contributed by atoms with Crippen molar-refractivity contribution in [2.24, 2.45) is 0 Å². The molecule has 0 radical (unpaired) electrons. The summed E-state index contributed by atoms with van der Waals surface area (Å²) < 4.78 is 9.10. The van der Waals surface area contributed by atoms with Crippen LogP contribution in [-0.4, -0.2) is 25.1 Å². The summed E-state index contributed by atoms with van der Waals surface area (Å²) in [4.78, 5) is 33.6. The Morgan fingerprint density at radius 1 is 1.16 bits per heavy atom. The third-order valence-corrected chi connectivity index (χ3v) is 5.13. The number of hydrogen-bond donors (Lipinski definition) is 1. The molecule has 0 saturated heterocycles. The summed E-state index contributed by atoms with van der Waals surface area (Å²) in [6.07, 6.45) is 2.49. The van der Waals surface area contributed by atoms with Gasteiger partial charge in [-0.25, -0.2) is 4.98 Å². The summed E-state index contributed by atoms with van der Waals surface area (Å²) in [7, 11) is 0. The second-order valence-electron chi connectivity index (χ2n) is 7.34. The lowest BCUT2D eigenvalue weighted by Gasteiger charge is -2.12. The van der Waals surface area contributed by atoms with E-state index >= 15 is 0 Å². The molecule has 0 spiro atoms. The SMILES string of the molecule is CCCn1cnc2nc(COc3cc(NC(=O)c4ccc(Cl)cc4)ccc3C)cc(=O)n21. The molecule has 2 aromatic carbocycles. The smallest absolute Gasteiger partial charge is 0.274 e. The molecule has 0 atom stereocenters. The van der Waals surface area contributed by atoms with E-state index in [-0.39, 0.29) is 18.1 Å². The van der Waals surface area contributed by atoms with E-state index in [2.05, 4.69) is 15.3 Å². The van der Waals surface area contributed by atoms with E-state index in [1.807, 2.05) is 19.9 Å². The van der Waals surface area contributed by atoms with Crippen LogP contribution < -0.4 is 15.6 Å². The quantitative estimate of drug-likeness (QED) is 0.457. The Morgan fingerprint density at radius 2 is 1.94 bits per heavy atom. The summed E-state index contributed by atoms with van der Waals surface area (Å²) in [5.41, 5.74) is 2.25. The first-order valence-electron chi connectivity index (χ1n) is 10.2. The molecule has 164 valence electrons. The summed E-state index contributed by atoms with van der Waals surface area (Å²) >= 11 is 5.88. The van der Waals surface area contributed by atoms with Gasteiger partial charge in [0.25, 0.3) is 17.2 Å². The maximum atomic E-state index is 12.5. The number of benzene rings is 2. The van der Waals surface area contributed by atoms with E-state index in [9.17, 15) is 9.59 Å². The fourth-order valence-electron chi connectivity index (χ4n) is 3.26. The number of nitrogens with zero attached hydrogens (tertiary/aromatic N) is 4. The number of carbonyl (C=O) groups excluding carboxylic acids is 1. The number of nitrogens with one attached hydrogen (secondary N) is 1. The van der Waals surface area contributed by atoms with Gasteiger partial charge in [-0.05, 0) is 49.2 Å². The van der Waals surface area contributed by atoms with Crippen LogP contribution in [0.3, 0.4) is 0 Å². The Bertz CT molecular complexity index is 1330. The highest BCUT2D eigenvalue weighted by atomic mass is 35.5. The van der Waals surface area contributed by atoms with Crippen molar-refractivity contribution >= 4 is 29.0 Å². The van der Waals surface area contributed by atoms with E-state index in [0.29, 0.717) is 40.0 Å². The standard InChI is InChI=1S/C23H22ClN5O3/c1-3-10-28-14-25-23-27-19(12-21(30)29(23)28)13-32-20-11-18(9-4-15(20)2)26-22(31)16-5-7-17(24)8-6-16/h4-9,11-12,14H,3,10,13H2,1-2H3,(H,26,31). The van der Waals surface area contributed by atoms with E-state index in [1.165, 1.54) is 10.6 Å². The molecule has 2 aromatic heterocycles. The normalized spacial score (nSPS) is 11.0. The van der Waals surface area contributed by atoms with Gasteiger partial charge in [0.05, 0.1) is 5.69 Å². The number of ether oxygens (including phenoxy) is 1. The van der Waals surface area contributed by atoms with Gasteiger partial charge in [0.1, 0.15) is 18.7 Å². The molecule has 0 fully saturated rings. The first-order valence-corrected chi connectivity index (χ1v) is 10.6. The van der Waals surface area contributed by atoms with Crippen LogP contribution in [0.15, 0.2) is 59.7 Å². The molecule has 0 unspecified atom stereocenters. The lowest BCUT2D eigenvalue weighted by Crippen LogP contribution is -2.22. The zero-order valence-corrected chi connectivity index (χ0v) is 18.5. The van der Waals surface area contributed by atoms with Crippen LogP contribution in [0.1, 0.15) is 35.0 Å². The molecule has 32 heavy (non-hydrogen) atoms. The van der Waals surface area contributed by atoms with Crippen molar-refractivity contribution in [2.75, 3.05) is 5.32 Å². The van der Waals surface area contributed by atoms with Gasteiger partial charge >= 0.3 is 0 Å².